The van der Waals surface area contributed by atoms with E-state index in [-0.39, 0.29) is 36.8 Å². The molecule has 0 radical (unpaired) electrons. The van der Waals surface area contributed by atoms with E-state index >= 15 is 0 Å². The molecule has 0 bridgehead atoms. The SMILES string of the molecule is CCC(C)C(NC(=O)CNC(=O)NCc1ccc(F)cc1)c1nc2ccccc2[nH]1. The summed E-state index contributed by atoms with van der Waals surface area (Å²) in [4.78, 5) is 32.3. The van der Waals surface area contributed by atoms with Gasteiger partial charge in [0, 0.05) is 6.54 Å². The molecule has 0 aliphatic rings. The average molecular weight is 411 g/mol. The van der Waals surface area contributed by atoms with E-state index < -0.39 is 6.03 Å². The fraction of sp³-hybridized carbons (Fsp3) is 0.318. The number of aromatic amines is 1. The van der Waals surface area contributed by atoms with Gasteiger partial charge in [0.15, 0.2) is 0 Å². The van der Waals surface area contributed by atoms with Gasteiger partial charge in [0.1, 0.15) is 11.6 Å². The highest BCUT2D eigenvalue weighted by atomic mass is 19.1. The van der Waals surface area contributed by atoms with Crippen LogP contribution in [-0.4, -0.2) is 28.5 Å². The number of benzene rings is 2. The van der Waals surface area contributed by atoms with Gasteiger partial charge in [0.05, 0.1) is 23.6 Å². The highest BCUT2D eigenvalue weighted by molar-refractivity contribution is 5.84. The Bertz CT molecular complexity index is 969. The van der Waals surface area contributed by atoms with E-state index in [1.165, 1.54) is 12.1 Å². The van der Waals surface area contributed by atoms with Crippen molar-refractivity contribution < 1.29 is 14.0 Å². The molecule has 158 valence electrons. The van der Waals surface area contributed by atoms with Crippen molar-refractivity contribution in [3.8, 4) is 0 Å². The number of halogens is 1. The van der Waals surface area contributed by atoms with Crippen molar-refractivity contribution in [2.75, 3.05) is 6.54 Å². The molecule has 0 aliphatic heterocycles. The topological polar surface area (TPSA) is 98.9 Å². The maximum absolute atomic E-state index is 12.9. The summed E-state index contributed by atoms with van der Waals surface area (Å²) in [6.07, 6.45) is 0.855. The first-order valence-electron chi connectivity index (χ1n) is 9.96. The van der Waals surface area contributed by atoms with E-state index in [0.717, 1.165) is 23.0 Å². The standard InChI is InChI=1S/C22H26FN5O2/c1-3-14(2)20(21-26-17-6-4-5-7-18(17)27-21)28-19(29)13-25-22(30)24-12-15-8-10-16(23)11-9-15/h4-11,14,20H,3,12-13H2,1-2H3,(H,26,27)(H,28,29)(H2,24,25,30). The number of carbonyl (C=O) groups excluding carboxylic acids is 2. The van der Waals surface area contributed by atoms with E-state index in [2.05, 4.69) is 25.9 Å². The van der Waals surface area contributed by atoms with Crippen LogP contribution in [0.5, 0.6) is 0 Å². The van der Waals surface area contributed by atoms with Gasteiger partial charge >= 0.3 is 6.03 Å². The zero-order valence-corrected chi connectivity index (χ0v) is 17.0. The minimum Gasteiger partial charge on any atom is -0.344 e. The smallest absolute Gasteiger partial charge is 0.315 e. The Hall–Kier alpha value is -3.42. The number of amides is 3. The van der Waals surface area contributed by atoms with Crippen LogP contribution in [-0.2, 0) is 11.3 Å². The molecule has 4 N–H and O–H groups in total. The number of hydrogen-bond donors (Lipinski definition) is 4. The van der Waals surface area contributed by atoms with Gasteiger partial charge < -0.3 is 20.9 Å². The average Bonchev–Trinajstić information content (AvgIpc) is 3.19. The third-order valence-corrected chi connectivity index (χ3v) is 5.01. The fourth-order valence-electron chi connectivity index (χ4n) is 3.07. The second-order valence-corrected chi connectivity index (χ2v) is 7.23. The molecule has 0 spiro atoms. The van der Waals surface area contributed by atoms with Crippen LogP contribution in [0.4, 0.5) is 9.18 Å². The summed E-state index contributed by atoms with van der Waals surface area (Å²) in [5.74, 6) is 0.208. The molecule has 3 rings (SSSR count). The molecule has 0 saturated carbocycles. The molecule has 0 fully saturated rings. The van der Waals surface area contributed by atoms with E-state index in [1.807, 2.05) is 38.1 Å². The van der Waals surface area contributed by atoms with Crippen LogP contribution in [0, 0.1) is 11.7 Å². The minimum atomic E-state index is -0.474. The normalized spacial score (nSPS) is 12.9. The van der Waals surface area contributed by atoms with Gasteiger partial charge in [-0.25, -0.2) is 14.2 Å². The molecular weight excluding hydrogens is 385 g/mol. The lowest BCUT2D eigenvalue weighted by atomic mass is 9.98. The minimum absolute atomic E-state index is 0.154. The number of aromatic nitrogens is 2. The molecule has 2 aromatic carbocycles. The first-order valence-corrected chi connectivity index (χ1v) is 9.96. The summed E-state index contributed by atoms with van der Waals surface area (Å²) in [6.45, 7) is 4.17. The van der Waals surface area contributed by atoms with Crippen LogP contribution in [0.2, 0.25) is 0 Å². The molecule has 30 heavy (non-hydrogen) atoms. The highest BCUT2D eigenvalue weighted by Crippen LogP contribution is 2.24. The fourth-order valence-corrected chi connectivity index (χ4v) is 3.07. The Balaban J connectivity index is 1.54. The Morgan fingerprint density at radius 1 is 1.10 bits per heavy atom. The van der Waals surface area contributed by atoms with Crippen LogP contribution in [0.3, 0.4) is 0 Å². The lowest BCUT2D eigenvalue weighted by molar-refractivity contribution is -0.121. The largest absolute Gasteiger partial charge is 0.344 e. The molecule has 3 amide bonds. The van der Waals surface area contributed by atoms with Gasteiger partial charge in [0.25, 0.3) is 0 Å². The summed E-state index contributed by atoms with van der Waals surface area (Å²) < 4.78 is 12.9. The quantitative estimate of drug-likeness (QED) is 0.457. The van der Waals surface area contributed by atoms with Crippen LogP contribution in [0.25, 0.3) is 11.0 Å². The molecule has 1 heterocycles. The predicted octanol–water partition coefficient (Wildman–Crippen LogP) is 3.40. The lowest BCUT2D eigenvalue weighted by Crippen LogP contribution is -2.43. The Morgan fingerprint density at radius 2 is 1.83 bits per heavy atom. The number of rotatable bonds is 8. The highest BCUT2D eigenvalue weighted by Gasteiger charge is 2.23. The van der Waals surface area contributed by atoms with Crippen LogP contribution in [0.1, 0.15) is 37.7 Å². The molecule has 0 aliphatic carbocycles. The van der Waals surface area contributed by atoms with E-state index in [9.17, 15) is 14.0 Å². The third kappa shape index (κ3) is 5.56. The van der Waals surface area contributed by atoms with Crippen molar-refractivity contribution in [2.45, 2.75) is 32.9 Å². The van der Waals surface area contributed by atoms with E-state index in [1.54, 1.807) is 12.1 Å². The number of nitrogens with zero attached hydrogens (tertiary/aromatic N) is 1. The maximum Gasteiger partial charge on any atom is 0.315 e. The summed E-state index contributed by atoms with van der Waals surface area (Å²) in [6, 6.07) is 12.8. The van der Waals surface area contributed by atoms with Gasteiger partial charge in [-0.2, -0.15) is 0 Å². The molecule has 7 nitrogen and oxygen atoms in total. The first-order chi connectivity index (χ1) is 14.5. The summed E-state index contributed by atoms with van der Waals surface area (Å²) in [5.41, 5.74) is 2.51. The van der Waals surface area contributed by atoms with Crippen LogP contribution in [0.15, 0.2) is 48.5 Å². The lowest BCUT2D eigenvalue weighted by Gasteiger charge is -2.22. The zero-order chi connectivity index (χ0) is 21.5. The number of urea groups is 1. The van der Waals surface area contributed by atoms with Gasteiger partial charge in [-0.05, 0) is 35.7 Å². The monoisotopic (exact) mass is 411 g/mol. The zero-order valence-electron chi connectivity index (χ0n) is 17.0. The molecule has 2 atom stereocenters. The number of hydrogen-bond acceptors (Lipinski definition) is 3. The van der Waals surface area contributed by atoms with Gasteiger partial charge in [-0.15, -0.1) is 0 Å². The Morgan fingerprint density at radius 3 is 2.53 bits per heavy atom. The molecule has 1 aromatic heterocycles. The second kappa shape index (κ2) is 9.87. The van der Waals surface area contributed by atoms with E-state index in [0.29, 0.717) is 5.82 Å². The van der Waals surface area contributed by atoms with Gasteiger partial charge in [0.2, 0.25) is 5.91 Å². The summed E-state index contributed by atoms with van der Waals surface area (Å²) >= 11 is 0. The number of para-hydroxylation sites is 2. The number of carbonyl (C=O) groups is 2. The number of H-pyrrole nitrogens is 1. The second-order valence-electron chi connectivity index (χ2n) is 7.23. The molecule has 0 saturated heterocycles. The van der Waals surface area contributed by atoms with Gasteiger partial charge in [-0.1, -0.05) is 44.5 Å². The summed E-state index contributed by atoms with van der Waals surface area (Å²) in [7, 11) is 0. The Labute approximate surface area is 174 Å². The number of imidazole rings is 1. The maximum atomic E-state index is 12.9. The van der Waals surface area contributed by atoms with Crippen molar-refractivity contribution in [1.29, 1.82) is 0 Å². The van der Waals surface area contributed by atoms with E-state index in [4.69, 9.17) is 0 Å². The Kier molecular flexibility index (Phi) is 7.00. The molecule has 2 unspecified atom stereocenters. The van der Waals surface area contributed by atoms with Crippen molar-refractivity contribution in [3.05, 3.63) is 65.7 Å². The van der Waals surface area contributed by atoms with Crippen molar-refractivity contribution >= 4 is 23.0 Å². The van der Waals surface area contributed by atoms with Crippen LogP contribution >= 0.6 is 0 Å². The van der Waals surface area contributed by atoms with Crippen molar-refractivity contribution in [1.82, 2.24) is 25.9 Å². The number of fused-ring (bicyclic) bond motifs is 1. The first kappa shape index (κ1) is 21.3. The van der Waals surface area contributed by atoms with Crippen molar-refractivity contribution in [2.24, 2.45) is 5.92 Å². The number of nitrogens with one attached hydrogen (secondary N) is 4. The summed E-state index contributed by atoms with van der Waals surface area (Å²) in [5, 5.41) is 8.14. The molecule has 3 aromatic rings. The third-order valence-electron chi connectivity index (χ3n) is 5.01. The predicted molar refractivity (Wildman–Crippen MR) is 113 cm³/mol. The van der Waals surface area contributed by atoms with Crippen LogP contribution < -0.4 is 16.0 Å². The van der Waals surface area contributed by atoms with Crippen molar-refractivity contribution in [3.63, 3.8) is 0 Å². The molecular formula is C22H26FN5O2. The molecule has 8 heteroatoms. The van der Waals surface area contributed by atoms with Gasteiger partial charge in [-0.3, -0.25) is 4.79 Å².